The van der Waals surface area contributed by atoms with E-state index in [2.05, 4.69) is 0 Å². The summed E-state index contributed by atoms with van der Waals surface area (Å²) in [6, 6.07) is 6.52. The number of ketones is 1. The van der Waals surface area contributed by atoms with Crippen LogP contribution in [0.3, 0.4) is 0 Å². The van der Waals surface area contributed by atoms with Crippen LogP contribution in [0.25, 0.3) is 0 Å². The van der Waals surface area contributed by atoms with E-state index in [4.69, 9.17) is 5.21 Å². The van der Waals surface area contributed by atoms with Gasteiger partial charge in [-0.15, -0.1) is 0 Å². The van der Waals surface area contributed by atoms with Crippen LogP contribution in [-0.4, -0.2) is 22.0 Å². The lowest BCUT2D eigenvalue weighted by molar-refractivity contribution is -0.129. The van der Waals surface area contributed by atoms with Gasteiger partial charge in [0.2, 0.25) is 5.91 Å². The highest BCUT2D eigenvalue weighted by atomic mass is 16.5. The first-order valence-electron chi connectivity index (χ1n) is 6.39. The predicted octanol–water partition coefficient (Wildman–Crippen LogP) is 2.42. The van der Waals surface area contributed by atoms with Gasteiger partial charge in [-0.25, -0.2) is 5.48 Å². The minimum atomic E-state index is -0.384. The van der Waals surface area contributed by atoms with Gasteiger partial charge in [0.15, 0.2) is 5.78 Å². The second kappa shape index (κ2) is 8.26. The third-order valence-electron chi connectivity index (χ3n) is 2.89. The molecular formula is C14H19NO4. The van der Waals surface area contributed by atoms with Crippen molar-refractivity contribution in [2.45, 2.75) is 38.5 Å². The van der Waals surface area contributed by atoms with Gasteiger partial charge in [0.1, 0.15) is 5.75 Å². The Hall–Kier alpha value is -1.88. The first-order valence-corrected chi connectivity index (χ1v) is 6.39. The lowest BCUT2D eigenvalue weighted by atomic mass is 10.0. The number of phenols is 1. The van der Waals surface area contributed by atoms with Crippen LogP contribution in [0.1, 0.15) is 48.9 Å². The van der Waals surface area contributed by atoms with Crippen molar-refractivity contribution in [3.63, 3.8) is 0 Å². The fourth-order valence-corrected chi connectivity index (χ4v) is 1.82. The first kappa shape index (κ1) is 15.2. The minimum absolute atomic E-state index is 0.0205. The van der Waals surface area contributed by atoms with Gasteiger partial charge in [0.05, 0.1) is 5.56 Å². The van der Waals surface area contributed by atoms with Gasteiger partial charge in [-0.05, 0) is 25.0 Å². The Balaban J connectivity index is 2.18. The molecule has 1 aromatic carbocycles. The molecule has 0 bridgehead atoms. The zero-order valence-electron chi connectivity index (χ0n) is 10.8. The number of Topliss-reactive ketones (excluding diaryl/α,β-unsaturated/α-hetero) is 1. The number of carbonyl (C=O) groups is 2. The maximum Gasteiger partial charge on any atom is 0.243 e. The number of hydroxylamine groups is 1. The fraction of sp³-hybridized carbons (Fsp3) is 0.429. The molecule has 0 saturated carbocycles. The van der Waals surface area contributed by atoms with Crippen molar-refractivity contribution >= 4 is 11.7 Å². The number of para-hydroxylation sites is 1. The molecule has 104 valence electrons. The van der Waals surface area contributed by atoms with Gasteiger partial charge in [0, 0.05) is 12.8 Å². The average Bonchev–Trinajstić information content (AvgIpc) is 2.42. The Morgan fingerprint density at radius 2 is 1.63 bits per heavy atom. The van der Waals surface area contributed by atoms with Gasteiger partial charge in [-0.3, -0.25) is 14.8 Å². The second-order valence-electron chi connectivity index (χ2n) is 4.39. The Morgan fingerprint density at radius 3 is 2.26 bits per heavy atom. The molecule has 1 rings (SSSR count). The number of carbonyl (C=O) groups excluding carboxylic acids is 2. The summed E-state index contributed by atoms with van der Waals surface area (Å²) in [6.07, 6.45) is 3.79. The molecule has 0 aromatic heterocycles. The van der Waals surface area contributed by atoms with Crippen molar-refractivity contribution < 1.29 is 19.9 Å². The maximum absolute atomic E-state index is 11.8. The van der Waals surface area contributed by atoms with Gasteiger partial charge in [0.25, 0.3) is 0 Å². The molecule has 1 amide bonds. The summed E-state index contributed by atoms with van der Waals surface area (Å²) < 4.78 is 0. The molecule has 0 unspecified atom stereocenters. The maximum atomic E-state index is 11.8. The van der Waals surface area contributed by atoms with Gasteiger partial charge >= 0.3 is 0 Å². The number of hydrogen-bond donors (Lipinski definition) is 3. The van der Waals surface area contributed by atoms with Crippen molar-refractivity contribution in [3.05, 3.63) is 29.8 Å². The molecule has 1 aromatic rings. The molecule has 5 heteroatoms. The average molecular weight is 265 g/mol. The van der Waals surface area contributed by atoms with E-state index in [1.807, 2.05) is 0 Å². The Kier molecular flexibility index (Phi) is 6.60. The number of nitrogens with one attached hydrogen (secondary N) is 1. The molecule has 0 spiro atoms. The second-order valence-corrected chi connectivity index (χ2v) is 4.39. The zero-order valence-corrected chi connectivity index (χ0v) is 10.8. The number of aromatic hydroxyl groups is 1. The van der Waals surface area contributed by atoms with E-state index in [1.165, 1.54) is 6.07 Å². The number of benzene rings is 1. The number of phenolic OH excluding ortho intramolecular Hbond substituents is 1. The van der Waals surface area contributed by atoms with Crippen LogP contribution in [0.4, 0.5) is 0 Å². The molecule has 0 heterocycles. The number of hydrogen-bond acceptors (Lipinski definition) is 4. The molecule has 0 fully saturated rings. The van der Waals surface area contributed by atoms with E-state index in [1.54, 1.807) is 23.7 Å². The summed E-state index contributed by atoms with van der Waals surface area (Å²) >= 11 is 0. The predicted molar refractivity (Wildman–Crippen MR) is 70.1 cm³/mol. The highest BCUT2D eigenvalue weighted by Crippen LogP contribution is 2.18. The highest BCUT2D eigenvalue weighted by molar-refractivity contribution is 5.98. The quantitative estimate of drug-likeness (QED) is 0.291. The molecule has 3 N–H and O–H groups in total. The third-order valence-corrected chi connectivity index (χ3v) is 2.89. The number of unbranched alkanes of at least 4 members (excludes halogenated alkanes) is 3. The highest BCUT2D eigenvalue weighted by Gasteiger charge is 2.09. The number of rotatable bonds is 8. The van der Waals surface area contributed by atoms with E-state index < -0.39 is 0 Å². The van der Waals surface area contributed by atoms with E-state index in [-0.39, 0.29) is 17.4 Å². The van der Waals surface area contributed by atoms with Crippen LogP contribution in [-0.2, 0) is 4.79 Å². The lowest BCUT2D eigenvalue weighted by Gasteiger charge is -2.03. The molecule has 5 nitrogen and oxygen atoms in total. The largest absolute Gasteiger partial charge is 0.507 e. The van der Waals surface area contributed by atoms with E-state index >= 15 is 0 Å². The molecule has 0 aliphatic carbocycles. The standard InChI is InChI=1S/C14H19NO4/c16-12(11-7-5-6-9-13(11)17)8-3-1-2-4-10-14(18)15-19/h5-7,9,17,19H,1-4,8,10H2,(H,15,18). The molecular weight excluding hydrogens is 246 g/mol. The fourth-order valence-electron chi connectivity index (χ4n) is 1.82. The summed E-state index contributed by atoms with van der Waals surface area (Å²) in [4.78, 5) is 22.5. The van der Waals surface area contributed by atoms with Crippen LogP contribution < -0.4 is 5.48 Å². The Morgan fingerprint density at radius 1 is 1.00 bits per heavy atom. The summed E-state index contributed by atoms with van der Waals surface area (Å²) in [6.45, 7) is 0. The first-order chi connectivity index (χ1) is 9.15. The van der Waals surface area contributed by atoms with Crippen molar-refractivity contribution in [1.82, 2.24) is 5.48 Å². The van der Waals surface area contributed by atoms with Gasteiger partial charge < -0.3 is 5.11 Å². The molecule has 0 radical (unpaired) electrons. The zero-order chi connectivity index (χ0) is 14.1. The van der Waals surface area contributed by atoms with E-state index in [0.29, 0.717) is 24.8 Å². The molecule has 0 atom stereocenters. The van der Waals surface area contributed by atoms with Crippen LogP contribution in [0.15, 0.2) is 24.3 Å². The van der Waals surface area contributed by atoms with Gasteiger partial charge in [-0.1, -0.05) is 25.0 Å². The summed E-state index contributed by atoms with van der Waals surface area (Å²) in [5, 5.41) is 17.8. The van der Waals surface area contributed by atoms with Crippen LogP contribution >= 0.6 is 0 Å². The minimum Gasteiger partial charge on any atom is -0.507 e. The van der Waals surface area contributed by atoms with Gasteiger partial charge in [-0.2, -0.15) is 0 Å². The Labute approximate surface area is 112 Å². The summed E-state index contributed by atoms with van der Waals surface area (Å²) in [5.41, 5.74) is 1.94. The van der Waals surface area contributed by atoms with E-state index in [0.717, 1.165) is 19.3 Å². The smallest absolute Gasteiger partial charge is 0.243 e. The van der Waals surface area contributed by atoms with E-state index in [9.17, 15) is 14.7 Å². The molecule has 19 heavy (non-hydrogen) atoms. The number of amides is 1. The van der Waals surface area contributed by atoms with Crippen LogP contribution in [0.2, 0.25) is 0 Å². The summed E-state index contributed by atoms with van der Waals surface area (Å²) in [5.74, 6) is -0.427. The lowest BCUT2D eigenvalue weighted by Crippen LogP contribution is -2.17. The van der Waals surface area contributed by atoms with Crippen molar-refractivity contribution in [2.75, 3.05) is 0 Å². The van der Waals surface area contributed by atoms with Crippen LogP contribution in [0, 0.1) is 0 Å². The molecule has 0 aliphatic rings. The topological polar surface area (TPSA) is 86.6 Å². The van der Waals surface area contributed by atoms with Crippen molar-refractivity contribution in [1.29, 1.82) is 0 Å². The normalized spacial score (nSPS) is 10.2. The SMILES string of the molecule is O=C(CCCCCCC(=O)c1ccccc1O)NO. The monoisotopic (exact) mass is 265 g/mol. The Bertz CT molecular complexity index is 431. The summed E-state index contributed by atoms with van der Waals surface area (Å²) in [7, 11) is 0. The van der Waals surface area contributed by atoms with Crippen molar-refractivity contribution in [2.24, 2.45) is 0 Å². The van der Waals surface area contributed by atoms with Crippen molar-refractivity contribution in [3.8, 4) is 5.75 Å². The third kappa shape index (κ3) is 5.52. The van der Waals surface area contributed by atoms with Crippen LogP contribution in [0.5, 0.6) is 5.75 Å². The molecule has 0 saturated heterocycles. The molecule has 0 aliphatic heterocycles.